The van der Waals surface area contributed by atoms with Crippen LogP contribution in [-0.4, -0.2) is 66.4 Å². The van der Waals surface area contributed by atoms with Gasteiger partial charge in [0.25, 0.3) is 0 Å². The van der Waals surface area contributed by atoms with E-state index in [1.165, 1.54) is 20.3 Å². The standard InChI is InChI=1S/C25H26Cl2N6O4/c1-4-20(34)31-16-11-37-10-15(16)30-19-7-13-14(9-28-19)32-25(33-24(13)29-12-5-6-12)21-22(26)17(35-2)8-18(36-3)23(21)27/h4,7-9,12,15-16H,1,5-6,10-11H2,2-3H3,(H,28,30)(H,31,34)(H,29,32,33)/t15-,16+/m1/s1. The van der Waals surface area contributed by atoms with Crippen LogP contribution in [0.4, 0.5) is 11.6 Å². The molecule has 1 aliphatic carbocycles. The number of benzene rings is 1. The molecule has 1 aromatic carbocycles. The average Bonchev–Trinajstić information content (AvgIpc) is 3.62. The average molecular weight is 545 g/mol. The number of aromatic nitrogens is 3. The van der Waals surface area contributed by atoms with Crippen LogP contribution in [0.15, 0.2) is 31.0 Å². The normalized spacial score (nSPS) is 18.9. The summed E-state index contributed by atoms with van der Waals surface area (Å²) in [5.74, 6) is 2.11. The highest BCUT2D eigenvalue weighted by molar-refractivity contribution is 6.41. The van der Waals surface area contributed by atoms with Gasteiger partial charge < -0.3 is 30.2 Å². The highest BCUT2D eigenvalue weighted by atomic mass is 35.5. The van der Waals surface area contributed by atoms with Crippen LogP contribution < -0.4 is 25.4 Å². The number of nitrogens with one attached hydrogen (secondary N) is 3. The van der Waals surface area contributed by atoms with Gasteiger partial charge in [0.1, 0.15) is 23.1 Å². The third kappa shape index (κ3) is 5.22. The van der Waals surface area contributed by atoms with E-state index < -0.39 is 0 Å². The number of methoxy groups -OCH3 is 2. The lowest BCUT2D eigenvalue weighted by Gasteiger charge is -2.20. The van der Waals surface area contributed by atoms with Gasteiger partial charge in [0.05, 0.1) is 66.8 Å². The van der Waals surface area contributed by atoms with Gasteiger partial charge in [0.15, 0.2) is 5.82 Å². The molecule has 1 amide bonds. The Hall–Kier alpha value is -3.34. The van der Waals surface area contributed by atoms with Crippen LogP contribution in [0.25, 0.3) is 22.3 Å². The van der Waals surface area contributed by atoms with Crippen molar-refractivity contribution >= 4 is 51.6 Å². The number of halogens is 2. The van der Waals surface area contributed by atoms with Crippen molar-refractivity contribution in [3.8, 4) is 22.9 Å². The number of hydrogen-bond donors (Lipinski definition) is 3. The summed E-state index contributed by atoms with van der Waals surface area (Å²) >= 11 is 13.3. The van der Waals surface area contributed by atoms with Gasteiger partial charge in [0.2, 0.25) is 5.91 Å². The summed E-state index contributed by atoms with van der Waals surface area (Å²) in [7, 11) is 3.03. The van der Waals surface area contributed by atoms with E-state index in [2.05, 4.69) is 27.5 Å². The van der Waals surface area contributed by atoms with Crippen LogP contribution in [0.2, 0.25) is 10.0 Å². The Bertz CT molecular complexity index is 1340. The summed E-state index contributed by atoms with van der Waals surface area (Å²) in [5.41, 5.74) is 1.01. The summed E-state index contributed by atoms with van der Waals surface area (Å²) in [5, 5.41) is 11.1. The molecule has 0 radical (unpaired) electrons. The number of pyridine rings is 1. The number of nitrogens with zero attached hydrogens (tertiary/aromatic N) is 3. The molecule has 2 atom stereocenters. The molecule has 3 heterocycles. The molecule has 5 rings (SSSR count). The van der Waals surface area contributed by atoms with Crippen molar-refractivity contribution in [1.82, 2.24) is 20.3 Å². The van der Waals surface area contributed by atoms with E-state index in [1.54, 1.807) is 12.3 Å². The molecule has 3 aromatic rings. The number of anilines is 2. The molecule has 194 valence electrons. The number of carbonyl (C=O) groups is 1. The molecule has 3 N–H and O–H groups in total. The number of fused-ring (bicyclic) bond motifs is 1. The molecule has 37 heavy (non-hydrogen) atoms. The van der Waals surface area contributed by atoms with Crippen LogP contribution in [0.3, 0.4) is 0 Å². The van der Waals surface area contributed by atoms with Crippen molar-refractivity contribution in [3.05, 3.63) is 41.0 Å². The number of amides is 1. The molecule has 2 fully saturated rings. The quantitative estimate of drug-likeness (QED) is 0.342. The lowest BCUT2D eigenvalue weighted by Crippen LogP contribution is -2.45. The van der Waals surface area contributed by atoms with E-state index in [-0.39, 0.29) is 28.0 Å². The van der Waals surface area contributed by atoms with Gasteiger partial charge in [-0.3, -0.25) is 4.79 Å². The van der Waals surface area contributed by atoms with E-state index in [4.69, 9.17) is 47.4 Å². The molecular formula is C25H26Cl2N6O4. The molecule has 2 aliphatic rings. The van der Waals surface area contributed by atoms with Crippen molar-refractivity contribution in [3.63, 3.8) is 0 Å². The number of carbonyl (C=O) groups excluding carboxylic acids is 1. The SMILES string of the molecule is C=CC(=O)N[C@H]1COC[C@H]1Nc1cc2c(NC3CC3)nc(-c3c(Cl)c(OC)cc(OC)c3Cl)nc2cn1. The second kappa shape index (κ2) is 10.6. The van der Waals surface area contributed by atoms with Crippen molar-refractivity contribution in [2.75, 3.05) is 38.1 Å². The molecule has 1 saturated heterocycles. The number of hydrogen-bond acceptors (Lipinski definition) is 9. The summed E-state index contributed by atoms with van der Waals surface area (Å²) in [6.07, 6.45) is 5.00. The van der Waals surface area contributed by atoms with Crippen molar-refractivity contribution in [1.29, 1.82) is 0 Å². The minimum absolute atomic E-state index is 0.157. The number of ether oxygens (including phenoxy) is 3. The lowest BCUT2D eigenvalue weighted by molar-refractivity contribution is -0.117. The van der Waals surface area contributed by atoms with E-state index in [9.17, 15) is 4.79 Å². The zero-order chi connectivity index (χ0) is 26.1. The predicted octanol–water partition coefficient (Wildman–Crippen LogP) is 4.07. The summed E-state index contributed by atoms with van der Waals surface area (Å²) in [4.78, 5) is 25.9. The number of rotatable bonds is 9. The minimum Gasteiger partial charge on any atom is -0.495 e. The topological polar surface area (TPSA) is 120 Å². The Morgan fingerprint density at radius 2 is 1.78 bits per heavy atom. The Morgan fingerprint density at radius 3 is 2.43 bits per heavy atom. The van der Waals surface area contributed by atoms with Crippen LogP contribution >= 0.6 is 23.2 Å². The smallest absolute Gasteiger partial charge is 0.243 e. The first-order chi connectivity index (χ1) is 17.9. The van der Waals surface area contributed by atoms with Gasteiger partial charge in [0, 0.05) is 17.5 Å². The van der Waals surface area contributed by atoms with Gasteiger partial charge in [-0.2, -0.15) is 0 Å². The predicted molar refractivity (Wildman–Crippen MR) is 143 cm³/mol. The summed E-state index contributed by atoms with van der Waals surface area (Å²) in [6, 6.07) is 3.45. The maximum atomic E-state index is 11.8. The molecule has 0 spiro atoms. The summed E-state index contributed by atoms with van der Waals surface area (Å²) < 4.78 is 16.4. The van der Waals surface area contributed by atoms with Gasteiger partial charge >= 0.3 is 0 Å². The summed E-state index contributed by atoms with van der Waals surface area (Å²) in [6.45, 7) is 4.34. The van der Waals surface area contributed by atoms with Crippen LogP contribution in [0.5, 0.6) is 11.5 Å². The van der Waals surface area contributed by atoms with Gasteiger partial charge in [-0.15, -0.1) is 0 Å². The van der Waals surface area contributed by atoms with Crippen LogP contribution in [-0.2, 0) is 9.53 Å². The molecule has 2 aromatic heterocycles. The van der Waals surface area contributed by atoms with Crippen LogP contribution in [0, 0.1) is 0 Å². The molecule has 1 aliphatic heterocycles. The van der Waals surface area contributed by atoms with Crippen molar-refractivity contribution in [2.45, 2.75) is 31.0 Å². The highest BCUT2D eigenvalue weighted by Crippen LogP contribution is 2.45. The molecule has 1 saturated carbocycles. The Kier molecular flexibility index (Phi) is 7.23. The van der Waals surface area contributed by atoms with Crippen molar-refractivity contribution in [2.24, 2.45) is 0 Å². The monoisotopic (exact) mass is 544 g/mol. The molecular weight excluding hydrogens is 519 g/mol. The minimum atomic E-state index is -0.253. The largest absolute Gasteiger partial charge is 0.495 e. The second-order valence-electron chi connectivity index (χ2n) is 8.79. The first-order valence-electron chi connectivity index (χ1n) is 11.7. The molecule has 0 bridgehead atoms. The fourth-order valence-corrected chi connectivity index (χ4v) is 4.78. The van der Waals surface area contributed by atoms with Crippen LogP contribution in [0.1, 0.15) is 12.8 Å². The Balaban J connectivity index is 1.54. The third-order valence-corrected chi connectivity index (χ3v) is 6.97. The maximum absolute atomic E-state index is 11.8. The second-order valence-corrected chi connectivity index (χ2v) is 9.55. The molecule has 0 unspecified atom stereocenters. The molecule has 10 nitrogen and oxygen atoms in total. The molecule has 12 heteroatoms. The van der Waals surface area contributed by atoms with Gasteiger partial charge in [-0.05, 0) is 25.0 Å². The first-order valence-corrected chi connectivity index (χ1v) is 12.5. The fraction of sp³-hybridized carbons (Fsp3) is 0.360. The maximum Gasteiger partial charge on any atom is 0.243 e. The Morgan fingerprint density at radius 1 is 1.08 bits per heavy atom. The third-order valence-electron chi connectivity index (χ3n) is 6.22. The van der Waals surface area contributed by atoms with E-state index >= 15 is 0 Å². The Labute approximate surface area is 223 Å². The zero-order valence-electron chi connectivity index (χ0n) is 20.3. The van der Waals surface area contributed by atoms with E-state index in [0.717, 1.165) is 18.2 Å². The van der Waals surface area contributed by atoms with Crippen molar-refractivity contribution < 1.29 is 19.0 Å². The zero-order valence-corrected chi connectivity index (χ0v) is 21.8. The fourth-order valence-electron chi connectivity index (χ4n) is 4.11. The van der Waals surface area contributed by atoms with E-state index in [0.29, 0.717) is 59.3 Å². The van der Waals surface area contributed by atoms with Gasteiger partial charge in [-0.1, -0.05) is 29.8 Å². The highest BCUT2D eigenvalue weighted by Gasteiger charge is 2.30. The lowest BCUT2D eigenvalue weighted by atomic mass is 10.1. The first kappa shape index (κ1) is 25.3. The van der Waals surface area contributed by atoms with Gasteiger partial charge in [-0.25, -0.2) is 15.0 Å². The van der Waals surface area contributed by atoms with E-state index in [1.807, 2.05) is 6.07 Å².